The molecule has 1 saturated heterocycles. The van der Waals surface area contributed by atoms with Gasteiger partial charge in [0.05, 0.1) is 10.5 Å². The zero-order valence-electron chi connectivity index (χ0n) is 10.3. The van der Waals surface area contributed by atoms with E-state index in [1.54, 1.807) is 6.07 Å². The first kappa shape index (κ1) is 13.2. The first-order valence-electron chi connectivity index (χ1n) is 6.05. The first-order chi connectivity index (χ1) is 8.59. The van der Waals surface area contributed by atoms with E-state index in [0.717, 1.165) is 18.8 Å². The van der Waals surface area contributed by atoms with Gasteiger partial charge in [-0.2, -0.15) is 0 Å². The van der Waals surface area contributed by atoms with Gasteiger partial charge in [0.2, 0.25) is 5.91 Å². The van der Waals surface area contributed by atoms with Crippen molar-refractivity contribution in [3.05, 3.63) is 24.3 Å². The summed E-state index contributed by atoms with van der Waals surface area (Å²) in [4.78, 5) is 15.7. The van der Waals surface area contributed by atoms with Crippen molar-refractivity contribution < 1.29 is 9.90 Å². The number of piperazine rings is 1. The molecule has 0 spiro atoms. The number of hydrogen-bond acceptors (Lipinski definition) is 3. The number of carbonyl (C=O) groups is 1. The number of aromatic hydroxyl groups is 1. The summed E-state index contributed by atoms with van der Waals surface area (Å²) >= 11 is 3.30. The fraction of sp³-hybridized carbons (Fsp3) is 0.462. The summed E-state index contributed by atoms with van der Waals surface area (Å²) in [5, 5.41) is 9.80. The molecule has 5 heteroatoms. The van der Waals surface area contributed by atoms with Gasteiger partial charge in [-0.3, -0.25) is 4.79 Å². The molecule has 1 aromatic rings. The van der Waals surface area contributed by atoms with Gasteiger partial charge in [-0.15, -0.1) is 0 Å². The Kier molecular flexibility index (Phi) is 4.11. The minimum absolute atomic E-state index is 0.130. The highest BCUT2D eigenvalue weighted by molar-refractivity contribution is 9.10. The average molecular weight is 313 g/mol. The summed E-state index contributed by atoms with van der Waals surface area (Å²) in [5.74, 6) is 0.429. The molecular weight excluding hydrogens is 296 g/mol. The zero-order valence-corrected chi connectivity index (χ0v) is 11.9. The van der Waals surface area contributed by atoms with E-state index in [-0.39, 0.29) is 10.7 Å². The highest BCUT2D eigenvalue weighted by Crippen LogP contribution is 2.27. The van der Waals surface area contributed by atoms with Gasteiger partial charge in [0, 0.05) is 26.2 Å². The zero-order chi connectivity index (χ0) is 13.1. The third-order valence-electron chi connectivity index (χ3n) is 3.15. The maximum Gasteiger partial charge on any atom is 0.236 e. The summed E-state index contributed by atoms with van der Waals surface area (Å²) in [6.45, 7) is 4.75. The van der Waals surface area contributed by atoms with Gasteiger partial charge in [0.1, 0.15) is 5.75 Å². The number of alkyl halides is 1. The molecule has 0 saturated carbocycles. The first-order valence-corrected chi connectivity index (χ1v) is 6.97. The lowest BCUT2D eigenvalue weighted by atomic mass is 10.2. The number of halogens is 1. The van der Waals surface area contributed by atoms with Gasteiger partial charge >= 0.3 is 0 Å². The minimum atomic E-state index is -0.130. The number of hydrogen-bond donors (Lipinski definition) is 1. The van der Waals surface area contributed by atoms with Crippen molar-refractivity contribution in [3.8, 4) is 5.75 Å². The number of anilines is 1. The molecule has 0 bridgehead atoms. The number of carbonyl (C=O) groups excluding carboxylic acids is 1. The average Bonchev–Trinajstić information content (AvgIpc) is 2.38. The van der Waals surface area contributed by atoms with Crippen molar-refractivity contribution in [3.63, 3.8) is 0 Å². The van der Waals surface area contributed by atoms with Gasteiger partial charge in [0.15, 0.2) is 0 Å². The molecule has 0 aliphatic carbocycles. The molecule has 1 fully saturated rings. The topological polar surface area (TPSA) is 43.8 Å². The summed E-state index contributed by atoms with van der Waals surface area (Å²) in [7, 11) is 0. The normalized spacial score (nSPS) is 17.7. The lowest BCUT2D eigenvalue weighted by Gasteiger charge is -2.36. The van der Waals surface area contributed by atoms with Gasteiger partial charge in [0.25, 0.3) is 0 Å². The molecule has 1 aliphatic heterocycles. The van der Waals surface area contributed by atoms with Crippen LogP contribution in [0.2, 0.25) is 0 Å². The Morgan fingerprint density at radius 1 is 1.28 bits per heavy atom. The predicted molar refractivity (Wildman–Crippen MR) is 75.3 cm³/mol. The Morgan fingerprint density at radius 2 is 1.89 bits per heavy atom. The van der Waals surface area contributed by atoms with E-state index in [0.29, 0.717) is 18.8 Å². The molecule has 1 amide bonds. The second-order valence-corrected chi connectivity index (χ2v) is 5.79. The molecule has 1 aliphatic rings. The van der Waals surface area contributed by atoms with Crippen LogP contribution in [0.15, 0.2) is 24.3 Å². The maximum atomic E-state index is 11.8. The molecule has 1 atom stereocenters. The smallest absolute Gasteiger partial charge is 0.236 e. The molecular formula is C13H17BrN2O2. The van der Waals surface area contributed by atoms with Crippen LogP contribution in [0.5, 0.6) is 5.75 Å². The Labute approximate surface area is 115 Å². The van der Waals surface area contributed by atoms with Crippen molar-refractivity contribution in [2.75, 3.05) is 31.1 Å². The summed E-state index contributed by atoms with van der Waals surface area (Å²) in [6, 6.07) is 7.31. The summed E-state index contributed by atoms with van der Waals surface area (Å²) < 4.78 is 0. The van der Waals surface area contributed by atoms with Crippen LogP contribution in [0.4, 0.5) is 5.69 Å². The Morgan fingerprint density at radius 3 is 2.44 bits per heavy atom. The van der Waals surface area contributed by atoms with Crippen molar-refractivity contribution in [1.29, 1.82) is 0 Å². The predicted octanol–water partition coefficient (Wildman–Crippen LogP) is 1.82. The molecule has 18 heavy (non-hydrogen) atoms. The van der Waals surface area contributed by atoms with E-state index in [2.05, 4.69) is 20.8 Å². The fourth-order valence-electron chi connectivity index (χ4n) is 2.15. The van der Waals surface area contributed by atoms with Crippen molar-refractivity contribution in [2.45, 2.75) is 11.8 Å². The van der Waals surface area contributed by atoms with Gasteiger partial charge in [-0.25, -0.2) is 0 Å². The molecule has 4 nitrogen and oxygen atoms in total. The number of para-hydroxylation sites is 2. The molecule has 2 rings (SSSR count). The number of nitrogens with zero attached hydrogens (tertiary/aromatic N) is 2. The van der Waals surface area contributed by atoms with E-state index < -0.39 is 0 Å². The number of rotatable bonds is 2. The summed E-state index contributed by atoms with van der Waals surface area (Å²) in [6.07, 6.45) is 0. The molecule has 0 radical (unpaired) electrons. The van der Waals surface area contributed by atoms with Gasteiger partial charge in [-0.1, -0.05) is 28.1 Å². The minimum Gasteiger partial charge on any atom is -0.506 e. The SMILES string of the molecule is CC(Br)C(=O)N1CCN(c2ccccc2O)CC1. The number of phenols is 1. The van der Waals surface area contributed by atoms with Gasteiger partial charge in [-0.05, 0) is 19.1 Å². The number of phenolic OH excluding ortho intramolecular Hbond substituents is 1. The van der Waals surface area contributed by atoms with Crippen LogP contribution in [0, 0.1) is 0 Å². The molecule has 1 N–H and O–H groups in total. The van der Waals surface area contributed by atoms with Crippen LogP contribution in [0.3, 0.4) is 0 Å². The Bertz CT molecular complexity index is 429. The highest BCUT2D eigenvalue weighted by Gasteiger charge is 2.24. The van der Waals surface area contributed by atoms with E-state index >= 15 is 0 Å². The van der Waals surface area contributed by atoms with Crippen molar-refractivity contribution in [2.24, 2.45) is 0 Å². The van der Waals surface area contributed by atoms with Crippen LogP contribution in [0.1, 0.15) is 6.92 Å². The summed E-state index contributed by atoms with van der Waals surface area (Å²) in [5.41, 5.74) is 0.844. The molecule has 98 valence electrons. The molecule has 0 aromatic heterocycles. The molecule has 1 heterocycles. The van der Waals surface area contributed by atoms with Crippen LogP contribution in [-0.2, 0) is 4.79 Å². The Hall–Kier alpha value is -1.23. The van der Waals surface area contributed by atoms with E-state index in [1.807, 2.05) is 30.0 Å². The third-order valence-corrected chi connectivity index (χ3v) is 3.55. The molecule has 1 unspecified atom stereocenters. The van der Waals surface area contributed by atoms with Crippen LogP contribution in [0.25, 0.3) is 0 Å². The highest BCUT2D eigenvalue weighted by atomic mass is 79.9. The maximum absolute atomic E-state index is 11.8. The van der Waals surface area contributed by atoms with E-state index in [9.17, 15) is 9.90 Å². The standard InChI is InChI=1S/C13H17BrN2O2/c1-10(14)13(18)16-8-6-15(7-9-16)11-4-2-3-5-12(11)17/h2-5,10,17H,6-9H2,1H3. The largest absolute Gasteiger partial charge is 0.506 e. The second-order valence-electron chi connectivity index (χ2n) is 4.42. The van der Waals surface area contributed by atoms with Gasteiger partial charge < -0.3 is 14.9 Å². The van der Waals surface area contributed by atoms with Crippen molar-refractivity contribution >= 4 is 27.5 Å². The Balaban J connectivity index is 1.99. The quantitative estimate of drug-likeness (QED) is 0.847. The third kappa shape index (κ3) is 2.77. The number of benzene rings is 1. The number of amides is 1. The van der Waals surface area contributed by atoms with Crippen LogP contribution in [-0.4, -0.2) is 46.9 Å². The monoisotopic (exact) mass is 312 g/mol. The van der Waals surface area contributed by atoms with E-state index in [4.69, 9.17) is 0 Å². The lowest BCUT2D eigenvalue weighted by Crippen LogP contribution is -2.50. The van der Waals surface area contributed by atoms with Crippen LogP contribution >= 0.6 is 15.9 Å². The fourth-order valence-corrected chi connectivity index (χ4v) is 2.44. The van der Waals surface area contributed by atoms with E-state index in [1.165, 1.54) is 0 Å². The second kappa shape index (κ2) is 5.61. The van der Waals surface area contributed by atoms with Crippen molar-refractivity contribution in [1.82, 2.24) is 4.90 Å². The lowest BCUT2D eigenvalue weighted by molar-refractivity contribution is -0.130. The molecule has 1 aromatic carbocycles. The van der Waals surface area contributed by atoms with Crippen LogP contribution < -0.4 is 4.90 Å².